The van der Waals surface area contributed by atoms with Gasteiger partial charge in [0.2, 0.25) is 0 Å². The summed E-state index contributed by atoms with van der Waals surface area (Å²) in [5, 5.41) is 4.25. The summed E-state index contributed by atoms with van der Waals surface area (Å²) in [5.41, 5.74) is 0.608. The lowest BCUT2D eigenvalue weighted by Crippen LogP contribution is -2.23. The molecule has 2 rings (SSSR count). The molecule has 0 unspecified atom stereocenters. The third-order valence-corrected chi connectivity index (χ3v) is 4.79. The van der Waals surface area contributed by atoms with Crippen LogP contribution in [0.1, 0.15) is 13.8 Å². The normalized spacial score (nSPS) is 12.5. The Balaban J connectivity index is 2.73. The van der Waals surface area contributed by atoms with Gasteiger partial charge in [0.15, 0.2) is 0 Å². The second kappa shape index (κ2) is 3.85. The second-order valence-corrected chi connectivity index (χ2v) is 7.02. The van der Waals surface area contributed by atoms with Crippen molar-refractivity contribution < 1.29 is 8.42 Å². The fourth-order valence-electron chi connectivity index (χ4n) is 1.38. The first-order valence-corrected chi connectivity index (χ1v) is 7.10. The Kier molecular flexibility index (Phi) is 2.79. The monoisotopic (exact) mass is 302 g/mol. The van der Waals surface area contributed by atoms with Gasteiger partial charge in [0, 0.05) is 9.86 Å². The molecule has 6 heteroatoms. The SMILES string of the molecule is CC(C)S(=O)(=O)n1ncc2cc(Br)ccc21. The molecule has 0 amide bonds. The van der Waals surface area contributed by atoms with Crippen molar-refractivity contribution >= 4 is 36.9 Å². The molecule has 0 saturated heterocycles. The quantitative estimate of drug-likeness (QED) is 0.856. The first kappa shape index (κ1) is 11.6. The van der Waals surface area contributed by atoms with Gasteiger partial charge in [-0.3, -0.25) is 0 Å². The predicted octanol–water partition coefficient (Wildman–Crippen LogP) is 2.39. The molecule has 2 aromatic rings. The number of halogens is 1. The van der Waals surface area contributed by atoms with Crippen molar-refractivity contribution in [2.45, 2.75) is 19.1 Å². The number of fused-ring (bicyclic) bond motifs is 1. The Bertz CT molecular complexity index is 631. The van der Waals surface area contributed by atoms with Crippen LogP contribution in [0.4, 0.5) is 0 Å². The molecule has 1 aromatic heterocycles. The van der Waals surface area contributed by atoms with Crippen molar-refractivity contribution in [3.63, 3.8) is 0 Å². The van der Waals surface area contributed by atoms with Crippen molar-refractivity contribution in [1.29, 1.82) is 0 Å². The van der Waals surface area contributed by atoms with Crippen LogP contribution in [0.5, 0.6) is 0 Å². The standard InChI is InChI=1S/C10H11BrN2O2S/c1-7(2)16(14,15)13-10-4-3-9(11)5-8(10)6-12-13/h3-7H,1-2H3. The Morgan fingerprint density at radius 1 is 1.38 bits per heavy atom. The Hall–Kier alpha value is -0.880. The maximum Gasteiger partial charge on any atom is 0.256 e. The van der Waals surface area contributed by atoms with Crippen LogP contribution in [0.15, 0.2) is 28.9 Å². The molecule has 0 saturated carbocycles. The fourth-order valence-corrected chi connectivity index (χ4v) is 2.78. The summed E-state index contributed by atoms with van der Waals surface area (Å²) in [6.45, 7) is 3.28. The lowest BCUT2D eigenvalue weighted by Gasteiger charge is -2.08. The van der Waals surface area contributed by atoms with E-state index < -0.39 is 15.3 Å². The Labute approximate surface area is 102 Å². The lowest BCUT2D eigenvalue weighted by atomic mass is 10.3. The van der Waals surface area contributed by atoms with Crippen LogP contribution in [0, 0.1) is 0 Å². The van der Waals surface area contributed by atoms with Crippen LogP contribution in [0.2, 0.25) is 0 Å². The maximum atomic E-state index is 12.0. The largest absolute Gasteiger partial charge is 0.256 e. The van der Waals surface area contributed by atoms with Crippen LogP contribution < -0.4 is 0 Å². The molecular formula is C10H11BrN2O2S. The van der Waals surface area contributed by atoms with Crippen LogP contribution in [-0.2, 0) is 10.0 Å². The average molecular weight is 303 g/mol. The molecule has 0 fully saturated rings. The minimum Gasteiger partial charge on any atom is -0.204 e. The van der Waals surface area contributed by atoms with E-state index in [1.54, 1.807) is 32.2 Å². The summed E-state index contributed by atoms with van der Waals surface area (Å²) < 4.78 is 26.0. The van der Waals surface area contributed by atoms with Gasteiger partial charge in [0.25, 0.3) is 10.0 Å². The highest BCUT2D eigenvalue weighted by Gasteiger charge is 2.21. The van der Waals surface area contributed by atoms with Crippen molar-refractivity contribution in [3.8, 4) is 0 Å². The number of hydrogen-bond donors (Lipinski definition) is 0. The van der Waals surface area contributed by atoms with Crippen molar-refractivity contribution in [2.24, 2.45) is 0 Å². The summed E-state index contributed by atoms with van der Waals surface area (Å²) in [5.74, 6) is 0. The summed E-state index contributed by atoms with van der Waals surface area (Å²) >= 11 is 3.33. The number of benzene rings is 1. The zero-order valence-corrected chi connectivity index (χ0v) is 11.3. The molecule has 86 valence electrons. The van der Waals surface area contributed by atoms with Crippen molar-refractivity contribution in [2.75, 3.05) is 0 Å². The van der Waals surface area contributed by atoms with Gasteiger partial charge in [-0.15, -0.1) is 0 Å². The highest BCUT2D eigenvalue weighted by molar-refractivity contribution is 9.10. The zero-order chi connectivity index (χ0) is 11.9. The molecule has 0 aliphatic rings. The molecule has 0 bridgehead atoms. The topological polar surface area (TPSA) is 52.0 Å². The first-order valence-electron chi connectivity index (χ1n) is 4.80. The molecule has 0 N–H and O–H groups in total. The van der Waals surface area contributed by atoms with Gasteiger partial charge in [-0.1, -0.05) is 15.9 Å². The van der Waals surface area contributed by atoms with Crippen LogP contribution >= 0.6 is 15.9 Å². The molecular weight excluding hydrogens is 292 g/mol. The molecule has 0 atom stereocenters. The zero-order valence-electron chi connectivity index (χ0n) is 8.88. The minimum absolute atomic E-state index is 0.487. The number of nitrogens with zero attached hydrogens (tertiary/aromatic N) is 2. The van der Waals surface area contributed by atoms with E-state index in [-0.39, 0.29) is 0 Å². The van der Waals surface area contributed by atoms with E-state index in [1.165, 1.54) is 0 Å². The summed E-state index contributed by atoms with van der Waals surface area (Å²) in [6, 6.07) is 5.39. The van der Waals surface area contributed by atoms with E-state index in [1.807, 2.05) is 6.07 Å². The summed E-state index contributed by atoms with van der Waals surface area (Å²) in [4.78, 5) is 0. The van der Waals surface area contributed by atoms with Crippen LogP contribution in [0.25, 0.3) is 10.9 Å². The minimum atomic E-state index is -3.38. The highest BCUT2D eigenvalue weighted by atomic mass is 79.9. The van der Waals surface area contributed by atoms with Crippen LogP contribution in [0.3, 0.4) is 0 Å². The molecule has 0 aliphatic carbocycles. The molecule has 0 aliphatic heterocycles. The van der Waals surface area contributed by atoms with Crippen molar-refractivity contribution in [1.82, 2.24) is 9.19 Å². The molecule has 0 spiro atoms. The number of hydrogen-bond acceptors (Lipinski definition) is 3. The van der Waals surface area contributed by atoms with Gasteiger partial charge in [0.05, 0.1) is 17.0 Å². The Morgan fingerprint density at radius 2 is 2.06 bits per heavy atom. The third kappa shape index (κ3) is 1.76. The van der Waals surface area contributed by atoms with Gasteiger partial charge in [-0.2, -0.15) is 9.19 Å². The van der Waals surface area contributed by atoms with Crippen molar-refractivity contribution in [3.05, 3.63) is 28.9 Å². The van der Waals surface area contributed by atoms with E-state index in [0.717, 1.165) is 13.9 Å². The maximum absolute atomic E-state index is 12.0. The highest BCUT2D eigenvalue weighted by Crippen LogP contribution is 2.21. The van der Waals surface area contributed by atoms with E-state index in [0.29, 0.717) is 5.52 Å². The first-order chi connectivity index (χ1) is 7.43. The van der Waals surface area contributed by atoms with E-state index in [2.05, 4.69) is 21.0 Å². The molecule has 16 heavy (non-hydrogen) atoms. The van der Waals surface area contributed by atoms with E-state index in [9.17, 15) is 8.42 Å². The average Bonchev–Trinajstić information content (AvgIpc) is 2.60. The molecule has 4 nitrogen and oxygen atoms in total. The van der Waals surface area contributed by atoms with Gasteiger partial charge in [-0.25, -0.2) is 8.42 Å². The summed E-state index contributed by atoms with van der Waals surface area (Å²) in [7, 11) is -3.38. The number of rotatable bonds is 2. The molecule has 1 aromatic carbocycles. The van der Waals surface area contributed by atoms with Crippen LogP contribution in [-0.4, -0.2) is 22.9 Å². The Morgan fingerprint density at radius 3 is 2.69 bits per heavy atom. The van der Waals surface area contributed by atoms with Gasteiger partial charge in [0.1, 0.15) is 0 Å². The van der Waals surface area contributed by atoms with E-state index >= 15 is 0 Å². The lowest BCUT2D eigenvalue weighted by molar-refractivity contribution is 0.573. The van der Waals surface area contributed by atoms with Gasteiger partial charge in [-0.05, 0) is 32.0 Å². The van der Waals surface area contributed by atoms with Gasteiger partial charge < -0.3 is 0 Å². The summed E-state index contributed by atoms with van der Waals surface area (Å²) in [6.07, 6.45) is 1.56. The number of aromatic nitrogens is 2. The smallest absolute Gasteiger partial charge is 0.204 e. The third-order valence-electron chi connectivity index (χ3n) is 2.33. The molecule has 1 heterocycles. The predicted molar refractivity (Wildman–Crippen MR) is 66.9 cm³/mol. The fraction of sp³-hybridized carbons (Fsp3) is 0.300. The van der Waals surface area contributed by atoms with E-state index in [4.69, 9.17) is 0 Å². The van der Waals surface area contributed by atoms with Gasteiger partial charge >= 0.3 is 0 Å². The second-order valence-electron chi connectivity index (χ2n) is 3.78. The molecule has 0 radical (unpaired) electrons.